The molecule has 0 aliphatic rings. The lowest BCUT2D eigenvalue weighted by Crippen LogP contribution is -2.08. The molecule has 0 amide bonds. The minimum absolute atomic E-state index is 0.851. The minimum atomic E-state index is 0.851. The van der Waals surface area contributed by atoms with Crippen molar-refractivity contribution in [2.24, 2.45) is 5.10 Å². The molecule has 0 atom stereocenters. The van der Waals surface area contributed by atoms with Crippen LogP contribution < -0.4 is 9.75 Å². The first-order valence-electron chi connectivity index (χ1n) is 5.76. The first-order chi connectivity index (χ1) is 8.79. The largest absolute Gasteiger partial charge is 0.497 e. The van der Waals surface area contributed by atoms with Crippen molar-refractivity contribution in [2.75, 3.05) is 19.2 Å². The molecule has 3 heteroatoms. The zero-order valence-corrected chi connectivity index (χ0v) is 10.6. The zero-order chi connectivity index (χ0) is 12.8. The Morgan fingerprint density at radius 2 is 1.67 bits per heavy atom. The van der Waals surface area contributed by atoms with Gasteiger partial charge in [-0.3, -0.25) is 5.01 Å². The molecule has 2 rings (SSSR count). The summed E-state index contributed by atoms with van der Waals surface area (Å²) >= 11 is 0. The molecule has 0 heterocycles. The SMILES string of the molecule is COc1ccc(/C=N\N(C)c2ccccc2)cc1. The first kappa shape index (κ1) is 12.2. The fraction of sp³-hybridized carbons (Fsp3) is 0.133. The van der Waals surface area contributed by atoms with E-state index in [2.05, 4.69) is 5.10 Å². The topological polar surface area (TPSA) is 24.8 Å². The van der Waals surface area contributed by atoms with Gasteiger partial charge in [-0.05, 0) is 42.0 Å². The summed E-state index contributed by atoms with van der Waals surface area (Å²) < 4.78 is 5.11. The molecule has 3 nitrogen and oxygen atoms in total. The van der Waals surface area contributed by atoms with E-state index in [1.54, 1.807) is 7.11 Å². The molecule has 0 aromatic heterocycles. The molecule has 0 saturated carbocycles. The average Bonchev–Trinajstić information content (AvgIpc) is 2.46. The fourth-order valence-electron chi connectivity index (χ4n) is 1.55. The number of hydrogen-bond acceptors (Lipinski definition) is 3. The summed E-state index contributed by atoms with van der Waals surface area (Å²) in [6.45, 7) is 0. The van der Waals surface area contributed by atoms with Crippen LogP contribution in [0.2, 0.25) is 0 Å². The van der Waals surface area contributed by atoms with Crippen molar-refractivity contribution in [3.8, 4) is 5.75 Å². The van der Waals surface area contributed by atoms with Crippen LogP contribution in [-0.2, 0) is 0 Å². The van der Waals surface area contributed by atoms with E-state index in [-0.39, 0.29) is 0 Å². The molecule has 0 spiro atoms. The van der Waals surface area contributed by atoms with E-state index in [0.29, 0.717) is 0 Å². The van der Waals surface area contributed by atoms with Crippen molar-refractivity contribution in [2.45, 2.75) is 0 Å². The summed E-state index contributed by atoms with van der Waals surface area (Å²) in [7, 11) is 3.58. The normalized spacial score (nSPS) is 10.6. The Bertz CT molecular complexity index is 506. The van der Waals surface area contributed by atoms with Crippen LogP contribution in [0.25, 0.3) is 0 Å². The molecule has 0 bridgehead atoms. The van der Waals surface area contributed by atoms with Crippen LogP contribution in [0.4, 0.5) is 5.69 Å². The number of benzene rings is 2. The van der Waals surface area contributed by atoms with E-state index in [1.165, 1.54) is 0 Å². The Hall–Kier alpha value is -2.29. The minimum Gasteiger partial charge on any atom is -0.497 e. The van der Waals surface area contributed by atoms with Gasteiger partial charge in [0.1, 0.15) is 5.75 Å². The molecule has 0 saturated heterocycles. The molecule has 0 aliphatic heterocycles. The highest BCUT2D eigenvalue weighted by molar-refractivity contribution is 5.80. The Kier molecular flexibility index (Phi) is 3.97. The van der Waals surface area contributed by atoms with E-state index in [4.69, 9.17) is 4.74 Å². The number of hydrogen-bond donors (Lipinski definition) is 0. The zero-order valence-electron chi connectivity index (χ0n) is 10.6. The summed E-state index contributed by atoms with van der Waals surface area (Å²) in [4.78, 5) is 0. The van der Waals surface area contributed by atoms with Crippen LogP contribution in [0.5, 0.6) is 5.75 Å². The van der Waals surface area contributed by atoms with E-state index in [0.717, 1.165) is 17.0 Å². The van der Waals surface area contributed by atoms with Gasteiger partial charge in [-0.1, -0.05) is 18.2 Å². The number of ether oxygens (including phenoxy) is 1. The van der Waals surface area contributed by atoms with E-state index in [1.807, 2.05) is 72.9 Å². The number of anilines is 1. The quantitative estimate of drug-likeness (QED) is 0.605. The lowest BCUT2D eigenvalue weighted by atomic mass is 10.2. The molecular formula is C15H16N2O. The van der Waals surface area contributed by atoms with Crippen LogP contribution >= 0.6 is 0 Å². The molecule has 0 N–H and O–H groups in total. The van der Waals surface area contributed by atoms with Crippen molar-refractivity contribution in [1.82, 2.24) is 0 Å². The average molecular weight is 240 g/mol. The smallest absolute Gasteiger partial charge is 0.118 e. The third-order valence-electron chi connectivity index (χ3n) is 2.63. The van der Waals surface area contributed by atoms with Gasteiger partial charge >= 0.3 is 0 Å². The van der Waals surface area contributed by atoms with Crippen LogP contribution in [0.15, 0.2) is 59.7 Å². The van der Waals surface area contributed by atoms with Gasteiger partial charge < -0.3 is 4.74 Å². The van der Waals surface area contributed by atoms with Gasteiger partial charge in [0.2, 0.25) is 0 Å². The van der Waals surface area contributed by atoms with Gasteiger partial charge in [0.25, 0.3) is 0 Å². The summed E-state index contributed by atoms with van der Waals surface area (Å²) in [6.07, 6.45) is 1.83. The van der Waals surface area contributed by atoms with Crippen molar-refractivity contribution in [3.05, 3.63) is 60.2 Å². The van der Waals surface area contributed by atoms with Crippen LogP contribution in [0.3, 0.4) is 0 Å². The summed E-state index contributed by atoms with van der Waals surface area (Å²) in [5.74, 6) is 0.851. The van der Waals surface area contributed by atoms with Crippen molar-refractivity contribution in [3.63, 3.8) is 0 Å². The molecule has 0 fully saturated rings. The van der Waals surface area contributed by atoms with Crippen LogP contribution in [0.1, 0.15) is 5.56 Å². The second-order valence-electron chi connectivity index (χ2n) is 3.88. The number of nitrogens with zero attached hydrogens (tertiary/aromatic N) is 2. The lowest BCUT2D eigenvalue weighted by Gasteiger charge is -2.12. The van der Waals surface area contributed by atoms with Gasteiger partial charge in [-0.15, -0.1) is 0 Å². The second kappa shape index (κ2) is 5.87. The maximum absolute atomic E-state index is 5.11. The number of hydrazone groups is 1. The number of para-hydroxylation sites is 1. The number of methoxy groups -OCH3 is 1. The summed E-state index contributed by atoms with van der Waals surface area (Å²) in [5, 5.41) is 6.23. The van der Waals surface area contributed by atoms with Crippen LogP contribution in [0, 0.1) is 0 Å². The van der Waals surface area contributed by atoms with E-state index in [9.17, 15) is 0 Å². The predicted octanol–water partition coefficient (Wildman–Crippen LogP) is 3.17. The Morgan fingerprint density at radius 3 is 2.28 bits per heavy atom. The molecule has 92 valence electrons. The summed E-state index contributed by atoms with van der Waals surface area (Å²) in [5.41, 5.74) is 2.10. The molecule has 0 radical (unpaired) electrons. The fourth-order valence-corrected chi connectivity index (χ4v) is 1.55. The van der Waals surface area contributed by atoms with Gasteiger partial charge in [0, 0.05) is 7.05 Å². The van der Waals surface area contributed by atoms with Crippen LogP contribution in [-0.4, -0.2) is 20.4 Å². The van der Waals surface area contributed by atoms with Gasteiger partial charge in [0.15, 0.2) is 0 Å². The monoisotopic (exact) mass is 240 g/mol. The molecular weight excluding hydrogens is 224 g/mol. The van der Waals surface area contributed by atoms with E-state index < -0.39 is 0 Å². The van der Waals surface area contributed by atoms with Gasteiger partial charge in [-0.2, -0.15) is 5.10 Å². The highest BCUT2D eigenvalue weighted by atomic mass is 16.5. The lowest BCUT2D eigenvalue weighted by molar-refractivity contribution is 0.415. The Balaban J connectivity index is 2.06. The van der Waals surface area contributed by atoms with Crippen molar-refractivity contribution < 1.29 is 4.74 Å². The number of rotatable bonds is 4. The third kappa shape index (κ3) is 3.10. The van der Waals surface area contributed by atoms with Crippen molar-refractivity contribution in [1.29, 1.82) is 0 Å². The van der Waals surface area contributed by atoms with Crippen molar-refractivity contribution >= 4 is 11.9 Å². The Morgan fingerprint density at radius 1 is 1.00 bits per heavy atom. The summed E-state index contributed by atoms with van der Waals surface area (Å²) in [6, 6.07) is 17.8. The predicted molar refractivity (Wildman–Crippen MR) is 75.4 cm³/mol. The highest BCUT2D eigenvalue weighted by Crippen LogP contribution is 2.12. The first-order valence-corrected chi connectivity index (χ1v) is 5.76. The highest BCUT2D eigenvalue weighted by Gasteiger charge is 1.95. The van der Waals surface area contributed by atoms with Gasteiger partial charge in [0.05, 0.1) is 19.0 Å². The molecule has 0 aliphatic carbocycles. The molecule has 2 aromatic rings. The van der Waals surface area contributed by atoms with Gasteiger partial charge in [-0.25, -0.2) is 0 Å². The standard InChI is InChI=1S/C15H16N2O/c1-17(14-6-4-3-5-7-14)16-12-13-8-10-15(18-2)11-9-13/h3-12H,1-2H3/b16-12-. The Labute approximate surface area is 107 Å². The molecule has 2 aromatic carbocycles. The molecule has 18 heavy (non-hydrogen) atoms. The maximum atomic E-state index is 5.11. The second-order valence-corrected chi connectivity index (χ2v) is 3.88. The molecule has 0 unspecified atom stereocenters. The third-order valence-corrected chi connectivity index (χ3v) is 2.63. The van der Waals surface area contributed by atoms with E-state index >= 15 is 0 Å². The maximum Gasteiger partial charge on any atom is 0.118 e.